The van der Waals surface area contributed by atoms with Gasteiger partial charge in [0.05, 0.1) is 4.90 Å². The van der Waals surface area contributed by atoms with Gasteiger partial charge in [0.2, 0.25) is 15.9 Å². The molecule has 0 aromatic heterocycles. The molecule has 25 heavy (non-hydrogen) atoms. The molecule has 0 spiro atoms. The summed E-state index contributed by atoms with van der Waals surface area (Å²) < 4.78 is 28.4. The fourth-order valence-electron chi connectivity index (χ4n) is 3.93. The van der Waals surface area contributed by atoms with Crippen molar-refractivity contribution in [1.82, 2.24) is 9.62 Å². The Bertz CT molecular complexity index is 748. The standard InChI is InChI=1S/C18H27N3O3S/c1-13(22)21-9-7-14-5-6-17(11-15(14)8-10-21)25(23,24)20-18-4-2-3-16(18)12-19/h5-6,11,16,18,20H,2-4,7-10,12,19H2,1H3. The largest absolute Gasteiger partial charge is 0.342 e. The molecule has 0 radical (unpaired) electrons. The number of rotatable bonds is 4. The molecule has 2 atom stereocenters. The Morgan fingerprint density at radius 2 is 1.96 bits per heavy atom. The van der Waals surface area contributed by atoms with Gasteiger partial charge < -0.3 is 10.6 Å². The molecule has 3 N–H and O–H groups in total. The third-order valence-corrected chi connectivity index (χ3v) is 6.99. The van der Waals surface area contributed by atoms with Crippen molar-refractivity contribution in [2.45, 2.75) is 50.0 Å². The molecule has 1 amide bonds. The number of nitrogens with two attached hydrogens (primary N) is 1. The maximum absolute atomic E-state index is 12.8. The summed E-state index contributed by atoms with van der Waals surface area (Å²) in [5.74, 6) is 0.288. The molecule has 3 rings (SSSR count). The fourth-order valence-corrected chi connectivity index (χ4v) is 5.31. The zero-order valence-corrected chi connectivity index (χ0v) is 15.5. The average Bonchev–Trinajstić information content (AvgIpc) is 2.89. The maximum Gasteiger partial charge on any atom is 0.240 e. The molecule has 138 valence electrons. The molecule has 1 aromatic rings. The third-order valence-electron chi connectivity index (χ3n) is 5.50. The van der Waals surface area contributed by atoms with Gasteiger partial charge in [0.1, 0.15) is 0 Å². The summed E-state index contributed by atoms with van der Waals surface area (Å²) in [6, 6.07) is 5.27. The zero-order valence-electron chi connectivity index (χ0n) is 14.7. The normalized spacial score (nSPS) is 24.0. The van der Waals surface area contributed by atoms with E-state index in [1.54, 1.807) is 19.1 Å². The van der Waals surface area contributed by atoms with Gasteiger partial charge in [-0.1, -0.05) is 12.5 Å². The number of hydrogen-bond acceptors (Lipinski definition) is 4. The Morgan fingerprint density at radius 1 is 1.24 bits per heavy atom. The molecule has 1 aliphatic heterocycles. The lowest BCUT2D eigenvalue weighted by atomic mass is 10.0. The van der Waals surface area contributed by atoms with Crippen LogP contribution in [0.25, 0.3) is 0 Å². The number of carbonyl (C=O) groups is 1. The maximum atomic E-state index is 12.8. The second-order valence-electron chi connectivity index (χ2n) is 7.09. The van der Waals surface area contributed by atoms with Crippen LogP contribution in [0.4, 0.5) is 0 Å². The highest BCUT2D eigenvalue weighted by atomic mass is 32.2. The van der Waals surface area contributed by atoms with Crippen LogP contribution in [0, 0.1) is 5.92 Å². The molecule has 1 fully saturated rings. The molecule has 2 unspecified atom stereocenters. The van der Waals surface area contributed by atoms with Gasteiger partial charge in [-0.25, -0.2) is 13.1 Å². The van der Waals surface area contributed by atoms with Crippen molar-refractivity contribution >= 4 is 15.9 Å². The number of amides is 1. The number of sulfonamides is 1. The predicted molar refractivity (Wildman–Crippen MR) is 96.6 cm³/mol. The minimum Gasteiger partial charge on any atom is -0.342 e. The fraction of sp³-hybridized carbons (Fsp3) is 0.611. The Balaban J connectivity index is 1.78. The molecular formula is C18H27N3O3S. The first kappa shape index (κ1) is 18.4. The van der Waals surface area contributed by atoms with Crippen LogP contribution in [0.2, 0.25) is 0 Å². The van der Waals surface area contributed by atoms with Gasteiger partial charge in [-0.2, -0.15) is 0 Å². The van der Waals surface area contributed by atoms with Crippen molar-refractivity contribution < 1.29 is 13.2 Å². The van der Waals surface area contributed by atoms with E-state index >= 15 is 0 Å². The first-order valence-electron chi connectivity index (χ1n) is 9.00. The van der Waals surface area contributed by atoms with E-state index in [1.807, 2.05) is 11.0 Å². The molecule has 2 aliphatic rings. The predicted octanol–water partition coefficient (Wildman–Crippen LogP) is 1.04. The summed E-state index contributed by atoms with van der Waals surface area (Å²) in [6.45, 7) is 3.41. The summed E-state index contributed by atoms with van der Waals surface area (Å²) in [6.07, 6.45) is 4.29. The minimum absolute atomic E-state index is 0.0661. The van der Waals surface area contributed by atoms with Gasteiger partial charge in [-0.15, -0.1) is 0 Å². The summed E-state index contributed by atoms with van der Waals surface area (Å²) in [5, 5.41) is 0. The highest BCUT2D eigenvalue weighted by Crippen LogP contribution is 2.27. The zero-order chi connectivity index (χ0) is 18.0. The summed E-state index contributed by atoms with van der Waals surface area (Å²) in [7, 11) is -3.55. The SMILES string of the molecule is CC(=O)N1CCc2ccc(S(=O)(=O)NC3CCCC3CN)cc2CC1. The minimum atomic E-state index is -3.55. The van der Waals surface area contributed by atoms with E-state index in [-0.39, 0.29) is 17.9 Å². The molecule has 0 bridgehead atoms. The van der Waals surface area contributed by atoms with Gasteiger partial charge in [-0.05, 0) is 61.4 Å². The molecular weight excluding hydrogens is 338 g/mol. The summed E-state index contributed by atoms with van der Waals surface area (Å²) in [5.41, 5.74) is 7.91. The van der Waals surface area contributed by atoms with E-state index in [0.29, 0.717) is 31.0 Å². The van der Waals surface area contributed by atoms with Gasteiger partial charge >= 0.3 is 0 Å². The van der Waals surface area contributed by atoms with Crippen LogP contribution in [0.1, 0.15) is 37.3 Å². The van der Waals surface area contributed by atoms with Crippen LogP contribution in [0.3, 0.4) is 0 Å². The lowest BCUT2D eigenvalue weighted by Gasteiger charge is -2.20. The second kappa shape index (κ2) is 7.43. The molecule has 1 saturated carbocycles. The number of hydrogen-bond donors (Lipinski definition) is 2. The van der Waals surface area contributed by atoms with E-state index in [9.17, 15) is 13.2 Å². The quantitative estimate of drug-likeness (QED) is 0.834. The number of nitrogens with zero attached hydrogens (tertiary/aromatic N) is 1. The molecule has 0 saturated heterocycles. The van der Waals surface area contributed by atoms with E-state index in [2.05, 4.69) is 4.72 Å². The molecule has 1 aromatic carbocycles. The number of nitrogens with one attached hydrogen (secondary N) is 1. The highest BCUT2D eigenvalue weighted by molar-refractivity contribution is 7.89. The lowest BCUT2D eigenvalue weighted by molar-refractivity contribution is -0.128. The van der Waals surface area contributed by atoms with Crippen molar-refractivity contribution in [2.75, 3.05) is 19.6 Å². The topological polar surface area (TPSA) is 92.5 Å². The Kier molecular flexibility index (Phi) is 5.46. The van der Waals surface area contributed by atoms with E-state index in [4.69, 9.17) is 5.73 Å². The number of fused-ring (bicyclic) bond motifs is 1. The van der Waals surface area contributed by atoms with Crippen LogP contribution in [-0.4, -0.2) is 44.9 Å². The molecule has 1 aliphatic carbocycles. The molecule has 1 heterocycles. The van der Waals surface area contributed by atoms with Gasteiger partial charge in [0, 0.05) is 26.1 Å². The van der Waals surface area contributed by atoms with Crippen LogP contribution in [-0.2, 0) is 27.7 Å². The van der Waals surface area contributed by atoms with E-state index < -0.39 is 10.0 Å². The molecule has 7 heteroatoms. The van der Waals surface area contributed by atoms with Crippen molar-refractivity contribution in [1.29, 1.82) is 0 Å². The summed E-state index contributed by atoms with van der Waals surface area (Å²) in [4.78, 5) is 13.7. The van der Waals surface area contributed by atoms with Crippen molar-refractivity contribution in [3.05, 3.63) is 29.3 Å². The number of carbonyl (C=O) groups excluding carboxylic acids is 1. The summed E-state index contributed by atoms with van der Waals surface area (Å²) >= 11 is 0. The first-order valence-corrected chi connectivity index (χ1v) is 10.5. The van der Waals surface area contributed by atoms with Crippen LogP contribution in [0.5, 0.6) is 0 Å². The number of benzene rings is 1. The molecule has 6 nitrogen and oxygen atoms in total. The Morgan fingerprint density at radius 3 is 2.64 bits per heavy atom. The van der Waals surface area contributed by atoms with Gasteiger partial charge in [-0.3, -0.25) is 4.79 Å². The van der Waals surface area contributed by atoms with Gasteiger partial charge in [0.15, 0.2) is 0 Å². The second-order valence-corrected chi connectivity index (χ2v) is 8.81. The van der Waals surface area contributed by atoms with Gasteiger partial charge in [0.25, 0.3) is 0 Å². The smallest absolute Gasteiger partial charge is 0.240 e. The first-order chi connectivity index (χ1) is 11.9. The highest BCUT2D eigenvalue weighted by Gasteiger charge is 2.30. The van der Waals surface area contributed by atoms with Crippen molar-refractivity contribution in [2.24, 2.45) is 11.7 Å². The van der Waals surface area contributed by atoms with Crippen molar-refractivity contribution in [3.8, 4) is 0 Å². The van der Waals surface area contributed by atoms with Crippen molar-refractivity contribution in [3.63, 3.8) is 0 Å². The Labute approximate surface area is 149 Å². The Hall–Kier alpha value is -1.44. The van der Waals surface area contributed by atoms with E-state index in [1.165, 1.54) is 0 Å². The monoisotopic (exact) mass is 365 g/mol. The van der Waals surface area contributed by atoms with Crippen LogP contribution < -0.4 is 10.5 Å². The average molecular weight is 365 g/mol. The third kappa shape index (κ3) is 4.04. The lowest BCUT2D eigenvalue weighted by Crippen LogP contribution is -2.39. The van der Waals surface area contributed by atoms with Crippen LogP contribution in [0.15, 0.2) is 23.1 Å². The van der Waals surface area contributed by atoms with Crippen LogP contribution >= 0.6 is 0 Å². The van der Waals surface area contributed by atoms with E-state index in [0.717, 1.165) is 36.8 Å².